The first-order valence-electron chi connectivity index (χ1n) is 5.72. The number of rotatable bonds is 5. The third-order valence-corrected chi connectivity index (χ3v) is 3.99. The van der Waals surface area contributed by atoms with E-state index in [-0.39, 0.29) is 28.5 Å². The van der Waals surface area contributed by atoms with Crippen LogP contribution in [-0.2, 0) is 16.6 Å². The monoisotopic (exact) mass is 314 g/mol. The molecule has 2 heterocycles. The summed E-state index contributed by atoms with van der Waals surface area (Å²) < 4.78 is 44.1. The lowest BCUT2D eigenvalue weighted by Gasteiger charge is -2.04. The molecule has 112 valence electrons. The van der Waals surface area contributed by atoms with Gasteiger partial charge in [-0.1, -0.05) is 0 Å². The van der Waals surface area contributed by atoms with E-state index < -0.39 is 21.8 Å². The molecule has 0 amide bonds. The number of furan rings is 1. The molecule has 2 rings (SSSR count). The largest absolute Gasteiger partial charge is 0.478 e. The summed E-state index contributed by atoms with van der Waals surface area (Å²) in [7, 11) is -3.96. The van der Waals surface area contributed by atoms with Crippen LogP contribution in [0.5, 0.6) is 0 Å². The third-order valence-electron chi connectivity index (χ3n) is 2.63. The average Bonchev–Trinajstić information content (AvgIpc) is 2.78. The van der Waals surface area contributed by atoms with Crippen LogP contribution in [-0.4, -0.2) is 24.5 Å². The summed E-state index contributed by atoms with van der Waals surface area (Å²) in [6, 6.07) is 2.05. The number of nitrogens with zero attached hydrogens (tertiary/aromatic N) is 1. The van der Waals surface area contributed by atoms with Gasteiger partial charge in [-0.3, -0.25) is 4.98 Å². The molecule has 0 aromatic carbocycles. The Balaban J connectivity index is 2.15. The third kappa shape index (κ3) is 3.44. The van der Waals surface area contributed by atoms with E-state index in [2.05, 4.69) is 9.71 Å². The number of aryl methyl sites for hydroxylation is 1. The van der Waals surface area contributed by atoms with Gasteiger partial charge in [-0.25, -0.2) is 22.3 Å². The Morgan fingerprint density at radius 2 is 2.14 bits per heavy atom. The van der Waals surface area contributed by atoms with Crippen molar-refractivity contribution in [3.05, 3.63) is 47.4 Å². The number of sulfonamides is 1. The first kappa shape index (κ1) is 15.1. The number of hydrogen-bond acceptors (Lipinski definition) is 5. The molecule has 2 aromatic rings. The fraction of sp³-hybridized carbons (Fsp3) is 0.167. The van der Waals surface area contributed by atoms with Gasteiger partial charge in [-0.2, -0.15) is 0 Å². The number of aromatic nitrogens is 1. The zero-order valence-corrected chi connectivity index (χ0v) is 11.6. The second kappa shape index (κ2) is 5.62. The fourth-order valence-electron chi connectivity index (χ4n) is 1.63. The van der Waals surface area contributed by atoms with Crippen LogP contribution in [0.1, 0.15) is 21.9 Å². The standard InChI is InChI=1S/C12H11FN2O5S/c1-7-11(12(16)17)3-9(20-7)5-15-21(18,19)10-2-8(13)4-14-6-10/h2-4,6,15H,5H2,1H3,(H,16,17). The molecule has 21 heavy (non-hydrogen) atoms. The van der Waals surface area contributed by atoms with E-state index in [0.29, 0.717) is 0 Å². The van der Waals surface area contributed by atoms with E-state index >= 15 is 0 Å². The fourth-order valence-corrected chi connectivity index (χ4v) is 2.60. The maximum Gasteiger partial charge on any atom is 0.339 e. The summed E-state index contributed by atoms with van der Waals surface area (Å²) >= 11 is 0. The minimum absolute atomic E-state index is 0.0448. The van der Waals surface area contributed by atoms with Crippen molar-refractivity contribution in [3.8, 4) is 0 Å². The summed E-state index contributed by atoms with van der Waals surface area (Å²) in [5.74, 6) is -1.64. The van der Waals surface area contributed by atoms with Crippen molar-refractivity contribution in [1.29, 1.82) is 0 Å². The van der Waals surface area contributed by atoms with E-state index in [1.165, 1.54) is 13.0 Å². The van der Waals surface area contributed by atoms with Crippen molar-refractivity contribution in [2.45, 2.75) is 18.4 Å². The summed E-state index contributed by atoms with van der Waals surface area (Å²) in [5, 5.41) is 8.87. The summed E-state index contributed by atoms with van der Waals surface area (Å²) in [5.41, 5.74) is -0.0448. The molecule has 0 aliphatic heterocycles. The molecule has 0 aliphatic rings. The molecule has 2 N–H and O–H groups in total. The highest BCUT2D eigenvalue weighted by atomic mass is 32.2. The van der Waals surface area contributed by atoms with Crippen LogP contribution in [0.15, 0.2) is 33.8 Å². The van der Waals surface area contributed by atoms with Crippen molar-refractivity contribution in [2.24, 2.45) is 0 Å². The van der Waals surface area contributed by atoms with Gasteiger partial charge in [-0.05, 0) is 19.1 Å². The molecule has 0 atom stereocenters. The predicted octanol–water partition coefficient (Wildman–Crippen LogP) is 1.30. The van der Waals surface area contributed by atoms with Crippen molar-refractivity contribution in [1.82, 2.24) is 9.71 Å². The number of carboxylic acid groups (broad SMARTS) is 1. The van der Waals surface area contributed by atoms with Crippen LogP contribution in [0, 0.1) is 12.7 Å². The minimum Gasteiger partial charge on any atom is -0.478 e. The highest BCUT2D eigenvalue weighted by molar-refractivity contribution is 7.89. The zero-order chi connectivity index (χ0) is 15.6. The van der Waals surface area contributed by atoms with Gasteiger partial charge in [0, 0.05) is 6.20 Å². The normalized spacial score (nSPS) is 11.5. The number of nitrogens with one attached hydrogen (secondary N) is 1. The lowest BCUT2D eigenvalue weighted by atomic mass is 10.2. The van der Waals surface area contributed by atoms with Gasteiger partial charge in [0.2, 0.25) is 10.0 Å². The molecule has 0 saturated carbocycles. The molecule has 0 spiro atoms. The van der Waals surface area contributed by atoms with Crippen LogP contribution in [0.25, 0.3) is 0 Å². The van der Waals surface area contributed by atoms with Gasteiger partial charge in [0.05, 0.1) is 12.7 Å². The average molecular weight is 314 g/mol. The lowest BCUT2D eigenvalue weighted by molar-refractivity contribution is 0.0695. The Kier molecular flexibility index (Phi) is 4.05. The van der Waals surface area contributed by atoms with E-state index in [9.17, 15) is 17.6 Å². The SMILES string of the molecule is Cc1oc(CNS(=O)(=O)c2cncc(F)c2)cc1C(=O)O. The molecular formula is C12H11FN2O5S. The highest BCUT2D eigenvalue weighted by Crippen LogP contribution is 2.15. The molecule has 0 radical (unpaired) electrons. The highest BCUT2D eigenvalue weighted by Gasteiger charge is 2.18. The van der Waals surface area contributed by atoms with Crippen LogP contribution >= 0.6 is 0 Å². The van der Waals surface area contributed by atoms with Crippen molar-refractivity contribution < 1.29 is 27.1 Å². The first-order valence-corrected chi connectivity index (χ1v) is 7.21. The Morgan fingerprint density at radius 3 is 2.71 bits per heavy atom. The molecule has 0 bridgehead atoms. The number of carbonyl (C=O) groups is 1. The smallest absolute Gasteiger partial charge is 0.339 e. The lowest BCUT2D eigenvalue weighted by Crippen LogP contribution is -2.23. The zero-order valence-electron chi connectivity index (χ0n) is 10.8. The maximum atomic E-state index is 13.0. The maximum absolute atomic E-state index is 13.0. The van der Waals surface area contributed by atoms with E-state index in [1.54, 1.807) is 0 Å². The molecule has 0 fully saturated rings. The van der Waals surface area contributed by atoms with Gasteiger partial charge in [0.15, 0.2) is 0 Å². The molecular weight excluding hydrogens is 303 g/mol. The van der Waals surface area contributed by atoms with Gasteiger partial charge < -0.3 is 9.52 Å². The Morgan fingerprint density at radius 1 is 1.43 bits per heavy atom. The number of halogens is 1. The van der Waals surface area contributed by atoms with Crippen LogP contribution < -0.4 is 4.72 Å². The minimum atomic E-state index is -3.96. The van der Waals surface area contributed by atoms with Gasteiger partial charge in [-0.15, -0.1) is 0 Å². The molecule has 9 heteroatoms. The number of hydrogen-bond donors (Lipinski definition) is 2. The molecule has 0 unspecified atom stereocenters. The topological polar surface area (TPSA) is 110 Å². The number of aromatic carboxylic acids is 1. The van der Waals surface area contributed by atoms with Crippen molar-refractivity contribution in [3.63, 3.8) is 0 Å². The van der Waals surface area contributed by atoms with Gasteiger partial charge in [0.1, 0.15) is 27.8 Å². The second-order valence-corrected chi connectivity index (χ2v) is 5.92. The summed E-state index contributed by atoms with van der Waals surface area (Å²) in [4.78, 5) is 14.0. The molecule has 2 aromatic heterocycles. The number of carboxylic acids is 1. The van der Waals surface area contributed by atoms with E-state index in [4.69, 9.17) is 9.52 Å². The number of pyridine rings is 1. The van der Waals surface area contributed by atoms with E-state index in [0.717, 1.165) is 18.5 Å². The Labute approximate surface area is 119 Å². The van der Waals surface area contributed by atoms with Crippen molar-refractivity contribution in [2.75, 3.05) is 0 Å². The van der Waals surface area contributed by atoms with Crippen LogP contribution in [0.4, 0.5) is 4.39 Å². The Bertz CT molecular complexity index is 785. The second-order valence-electron chi connectivity index (χ2n) is 4.15. The molecule has 0 saturated heterocycles. The Hall–Kier alpha value is -2.26. The summed E-state index contributed by atoms with van der Waals surface area (Å²) in [6.45, 7) is 1.20. The van der Waals surface area contributed by atoms with Crippen LogP contribution in [0.3, 0.4) is 0 Å². The van der Waals surface area contributed by atoms with Crippen molar-refractivity contribution >= 4 is 16.0 Å². The van der Waals surface area contributed by atoms with E-state index in [1.807, 2.05) is 0 Å². The summed E-state index contributed by atoms with van der Waals surface area (Å²) in [6.07, 6.45) is 1.88. The first-order chi connectivity index (χ1) is 9.79. The predicted molar refractivity (Wildman–Crippen MR) is 68.6 cm³/mol. The van der Waals surface area contributed by atoms with Gasteiger partial charge >= 0.3 is 5.97 Å². The van der Waals surface area contributed by atoms with Gasteiger partial charge in [0.25, 0.3) is 0 Å². The molecule has 0 aliphatic carbocycles. The van der Waals surface area contributed by atoms with Crippen LogP contribution in [0.2, 0.25) is 0 Å². The quantitative estimate of drug-likeness (QED) is 0.861. The molecule has 7 nitrogen and oxygen atoms in total.